The molecule has 2 rings (SSSR count). The van der Waals surface area contributed by atoms with Crippen molar-refractivity contribution in [3.63, 3.8) is 0 Å². The molecule has 1 unspecified atom stereocenters. The van der Waals surface area contributed by atoms with Crippen molar-refractivity contribution in [2.45, 2.75) is 13.0 Å². The summed E-state index contributed by atoms with van der Waals surface area (Å²) in [5.41, 5.74) is 1.39. The summed E-state index contributed by atoms with van der Waals surface area (Å²) >= 11 is 0. The van der Waals surface area contributed by atoms with Gasteiger partial charge in [0.15, 0.2) is 6.61 Å². The maximum absolute atomic E-state index is 11.8. The fourth-order valence-corrected chi connectivity index (χ4v) is 1.82. The van der Waals surface area contributed by atoms with Gasteiger partial charge in [-0.05, 0) is 25.1 Å². The summed E-state index contributed by atoms with van der Waals surface area (Å²) in [4.78, 5) is 11.8. The van der Waals surface area contributed by atoms with Crippen LogP contribution in [0.1, 0.15) is 18.6 Å². The van der Waals surface area contributed by atoms with Crippen molar-refractivity contribution in [3.05, 3.63) is 60.2 Å². The first kappa shape index (κ1) is 14.1. The number of aliphatic hydroxyl groups is 1. The third kappa shape index (κ3) is 3.83. The number of anilines is 1. The summed E-state index contributed by atoms with van der Waals surface area (Å²) in [5, 5.41) is 12.4. The number of carbonyl (C=O) groups excluding carboxylic acids is 1. The minimum atomic E-state index is -0.636. The molecule has 0 aromatic heterocycles. The quantitative estimate of drug-likeness (QED) is 0.879. The second-order valence-corrected chi connectivity index (χ2v) is 4.42. The highest BCUT2D eigenvalue weighted by Crippen LogP contribution is 2.24. The summed E-state index contributed by atoms with van der Waals surface area (Å²) in [5.74, 6) is 0.280. The van der Waals surface area contributed by atoms with Crippen LogP contribution in [0, 0.1) is 0 Å². The lowest BCUT2D eigenvalue weighted by atomic mass is 10.1. The molecule has 20 heavy (non-hydrogen) atoms. The van der Waals surface area contributed by atoms with E-state index in [0.29, 0.717) is 11.3 Å². The predicted molar refractivity (Wildman–Crippen MR) is 77.6 cm³/mol. The van der Waals surface area contributed by atoms with Crippen LogP contribution in [-0.4, -0.2) is 17.6 Å². The van der Waals surface area contributed by atoms with Gasteiger partial charge in [0.05, 0.1) is 6.10 Å². The number of nitrogens with one attached hydrogen (secondary N) is 1. The van der Waals surface area contributed by atoms with Crippen LogP contribution in [0.3, 0.4) is 0 Å². The maximum atomic E-state index is 11.8. The van der Waals surface area contributed by atoms with E-state index in [-0.39, 0.29) is 12.5 Å². The van der Waals surface area contributed by atoms with Crippen LogP contribution in [0.2, 0.25) is 0 Å². The highest BCUT2D eigenvalue weighted by atomic mass is 16.5. The van der Waals surface area contributed by atoms with Gasteiger partial charge in [-0.3, -0.25) is 4.79 Å². The van der Waals surface area contributed by atoms with Crippen LogP contribution in [0.4, 0.5) is 5.69 Å². The Labute approximate surface area is 118 Å². The van der Waals surface area contributed by atoms with E-state index in [2.05, 4.69) is 5.32 Å². The molecule has 0 aliphatic carbocycles. The molecule has 0 bridgehead atoms. The molecule has 1 amide bonds. The lowest BCUT2D eigenvalue weighted by Crippen LogP contribution is -2.20. The summed E-state index contributed by atoms with van der Waals surface area (Å²) in [7, 11) is 0. The van der Waals surface area contributed by atoms with Gasteiger partial charge in [-0.25, -0.2) is 0 Å². The Bertz CT molecular complexity index is 567. The van der Waals surface area contributed by atoms with Crippen molar-refractivity contribution >= 4 is 11.6 Å². The summed E-state index contributed by atoms with van der Waals surface area (Å²) in [6.07, 6.45) is -0.636. The van der Waals surface area contributed by atoms with Crippen molar-refractivity contribution < 1.29 is 14.6 Å². The molecule has 0 saturated heterocycles. The molecule has 1 atom stereocenters. The number of benzene rings is 2. The van der Waals surface area contributed by atoms with Crippen LogP contribution < -0.4 is 10.1 Å². The zero-order valence-electron chi connectivity index (χ0n) is 11.2. The zero-order chi connectivity index (χ0) is 14.4. The largest absolute Gasteiger partial charge is 0.483 e. The number of para-hydroxylation sites is 2. The number of hydrogen-bond donors (Lipinski definition) is 2. The molecule has 0 saturated carbocycles. The minimum absolute atomic E-state index is 0.0986. The van der Waals surface area contributed by atoms with E-state index in [1.165, 1.54) is 0 Å². The van der Waals surface area contributed by atoms with E-state index in [1.807, 2.05) is 36.4 Å². The fraction of sp³-hybridized carbons (Fsp3) is 0.188. The van der Waals surface area contributed by atoms with Crippen molar-refractivity contribution in [1.82, 2.24) is 0 Å². The Morgan fingerprint density at radius 3 is 2.50 bits per heavy atom. The molecule has 4 heteroatoms. The predicted octanol–water partition coefficient (Wildman–Crippen LogP) is 2.76. The topological polar surface area (TPSA) is 58.6 Å². The molecular weight excluding hydrogens is 254 g/mol. The van der Waals surface area contributed by atoms with E-state index in [0.717, 1.165) is 5.69 Å². The zero-order valence-corrected chi connectivity index (χ0v) is 11.2. The lowest BCUT2D eigenvalue weighted by molar-refractivity contribution is -0.118. The van der Waals surface area contributed by atoms with Gasteiger partial charge in [0.2, 0.25) is 0 Å². The molecule has 0 radical (unpaired) electrons. The van der Waals surface area contributed by atoms with E-state index >= 15 is 0 Å². The van der Waals surface area contributed by atoms with Crippen molar-refractivity contribution in [2.24, 2.45) is 0 Å². The molecular formula is C16H17NO3. The standard InChI is InChI=1S/C16H17NO3/c1-12(18)14-9-5-6-10-15(14)20-11-16(19)17-13-7-3-2-4-8-13/h2-10,12,18H,11H2,1H3,(H,17,19). The number of hydrogen-bond acceptors (Lipinski definition) is 3. The van der Waals surface area contributed by atoms with E-state index in [9.17, 15) is 9.90 Å². The van der Waals surface area contributed by atoms with Crippen LogP contribution in [0.5, 0.6) is 5.75 Å². The van der Waals surface area contributed by atoms with Crippen LogP contribution in [-0.2, 0) is 4.79 Å². The molecule has 0 fully saturated rings. The SMILES string of the molecule is CC(O)c1ccccc1OCC(=O)Nc1ccccc1. The Balaban J connectivity index is 1.94. The Morgan fingerprint density at radius 1 is 1.15 bits per heavy atom. The van der Waals surface area contributed by atoms with Gasteiger partial charge in [0, 0.05) is 11.3 Å². The van der Waals surface area contributed by atoms with Gasteiger partial charge < -0.3 is 15.2 Å². The highest BCUT2D eigenvalue weighted by Gasteiger charge is 2.10. The monoisotopic (exact) mass is 271 g/mol. The maximum Gasteiger partial charge on any atom is 0.262 e. The summed E-state index contributed by atoms with van der Waals surface area (Å²) in [6.45, 7) is 1.56. The van der Waals surface area contributed by atoms with E-state index in [1.54, 1.807) is 25.1 Å². The molecule has 4 nitrogen and oxygen atoms in total. The van der Waals surface area contributed by atoms with Crippen LogP contribution in [0.25, 0.3) is 0 Å². The van der Waals surface area contributed by atoms with Gasteiger partial charge in [-0.2, -0.15) is 0 Å². The molecule has 104 valence electrons. The average molecular weight is 271 g/mol. The first-order valence-corrected chi connectivity index (χ1v) is 6.41. The number of ether oxygens (including phenoxy) is 1. The second kappa shape index (κ2) is 6.73. The normalized spacial score (nSPS) is 11.7. The van der Waals surface area contributed by atoms with Gasteiger partial charge in [0.25, 0.3) is 5.91 Å². The molecule has 2 aromatic carbocycles. The lowest BCUT2D eigenvalue weighted by Gasteiger charge is -2.13. The van der Waals surface area contributed by atoms with Gasteiger partial charge in [-0.15, -0.1) is 0 Å². The number of rotatable bonds is 5. The summed E-state index contributed by atoms with van der Waals surface area (Å²) < 4.78 is 5.46. The van der Waals surface area contributed by atoms with Crippen LogP contribution in [0.15, 0.2) is 54.6 Å². The fourth-order valence-electron chi connectivity index (χ4n) is 1.82. The molecule has 2 N–H and O–H groups in total. The van der Waals surface area contributed by atoms with Gasteiger partial charge >= 0.3 is 0 Å². The smallest absolute Gasteiger partial charge is 0.262 e. The number of carbonyl (C=O) groups is 1. The molecule has 0 aliphatic heterocycles. The third-order valence-electron chi connectivity index (χ3n) is 2.79. The molecule has 0 aliphatic rings. The molecule has 0 heterocycles. The van der Waals surface area contributed by atoms with Crippen molar-refractivity contribution in [1.29, 1.82) is 0 Å². The molecule has 0 spiro atoms. The van der Waals surface area contributed by atoms with Crippen LogP contribution >= 0.6 is 0 Å². The molecule has 2 aromatic rings. The first-order valence-electron chi connectivity index (χ1n) is 6.41. The Kier molecular flexibility index (Phi) is 4.74. The average Bonchev–Trinajstić information content (AvgIpc) is 2.46. The van der Waals surface area contributed by atoms with Gasteiger partial charge in [0.1, 0.15) is 5.75 Å². The van der Waals surface area contributed by atoms with E-state index < -0.39 is 6.10 Å². The Hall–Kier alpha value is -2.33. The van der Waals surface area contributed by atoms with E-state index in [4.69, 9.17) is 4.74 Å². The van der Waals surface area contributed by atoms with Crippen molar-refractivity contribution in [3.8, 4) is 5.75 Å². The van der Waals surface area contributed by atoms with Crippen molar-refractivity contribution in [2.75, 3.05) is 11.9 Å². The Morgan fingerprint density at radius 2 is 1.80 bits per heavy atom. The second-order valence-electron chi connectivity index (χ2n) is 4.42. The highest BCUT2D eigenvalue weighted by molar-refractivity contribution is 5.91. The third-order valence-corrected chi connectivity index (χ3v) is 2.79. The number of aliphatic hydroxyl groups excluding tert-OH is 1. The summed E-state index contributed by atoms with van der Waals surface area (Å²) in [6, 6.07) is 16.3. The first-order chi connectivity index (χ1) is 9.66. The number of amides is 1. The minimum Gasteiger partial charge on any atom is -0.483 e. The van der Waals surface area contributed by atoms with Gasteiger partial charge in [-0.1, -0.05) is 36.4 Å².